The molecular formula is C17H12BrN3O3. The molecule has 2 aromatic heterocycles. The molecule has 120 valence electrons. The fraction of sp³-hybridized carbons (Fsp3) is 0.0588. The Morgan fingerprint density at radius 3 is 2.58 bits per heavy atom. The van der Waals surface area contributed by atoms with Gasteiger partial charge in [-0.05, 0) is 43.3 Å². The van der Waals surface area contributed by atoms with Gasteiger partial charge in [0.15, 0.2) is 6.29 Å². The molecule has 0 aliphatic rings. The van der Waals surface area contributed by atoms with E-state index in [2.05, 4.69) is 31.4 Å². The normalized spacial score (nSPS) is 10.4. The third-order valence-electron chi connectivity index (χ3n) is 3.36. The molecule has 6 nitrogen and oxygen atoms in total. The number of amides is 1. The third-order valence-corrected chi connectivity index (χ3v) is 3.89. The van der Waals surface area contributed by atoms with Crippen molar-refractivity contribution in [1.82, 2.24) is 10.1 Å². The summed E-state index contributed by atoms with van der Waals surface area (Å²) in [4.78, 5) is 27.8. The second-order valence-electron chi connectivity index (χ2n) is 5.04. The predicted molar refractivity (Wildman–Crippen MR) is 92.0 cm³/mol. The Kier molecular flexibility index (Phi) is 4.52. The number of aromatic nitrogens is 2. The summed E-state index contributed by atoms with van der Waals surface area (Å²) >= 11 is 3.31. The summed E-state index contributed by atoms with van der Waals surface area (Å²) in [7, 11) is 0. The van der Waals surface area contributed by atoms with Crippen molar-refractivity contribution in [2.24, 2.45) is 0 Å². The lowest BCUT2D eigenvalue weighted by atomic mass is 10.1. The molecule has 0 atom stereocenters. The van der Waals surface area contributed by atoms with Crippen molar-refractivity contribution in [2.45, 2.75) is 6.92 Å². The molecule has 0 spiro atoms. The first-order chi connectivity index (χ1) is 11.6. The highest BCUT2D eigenvalue weighted by Gasteiger charge is 2.19. The van der Waals surface area contributed by atoms with Gasteiger partial charge in [0.25, 0.3) is 5.91 Å². The number of carbonyl (C=O) groups is 2. The molecule has 0 saturated carbocycles. The average Bonchev–Trinajstić information content (AvgIpc) is 2.98. The topological polar surface area (TPSA) is 85.1 Å². The van der Waals surface area contributed by atoms with Crippen LogP contribution in [0.3, 0.4) is 0 Å². The zero-order chi connectivity index (χ0) is 17.1. The molecule has 0 bridgehead atoms. The van der Waals surface area contributed by atoms with E-state index in [0.717, 1.165) is 10.2 Å². The van der Waals surface area contributed by atoms with Gasteiger partial charge < -0.3 is 4.52 Å². The molecular weight excluding hydrogens is 374 g/mol. The van der Waals surface area contributed by atoms with Crippen LogP contribution < -0.4 is 5.32 Å². The minimum absolute atomic E-state index is 0.00786. The van der Waals surface area contributed by atoms with Gasteiger partial charge in [-0.15, -0.1) is 0 Å². The summed E-state index contributed by atoms with van der Waals surface area (Å²) < 4.78 is 6.00. The number of benzene rings is 1. The van der Waals surface area contributed by atoms with E-state index in [1.54, 1.807) is 42.6 Å². The molecule has 24 heavy (non-hydrogen) atoms. The number of nitrogens with one attached hydrogen (secondary N) is 1. The number of pyridine rings is 1. The molecule has 0 aliphatic heterocycles. The minimum Gasteiger partial charge on any atom is -0.337 e. The van der Waals surface area contributed by atoms with Gasteiger partial charge in [-0.25, -0.2) is 0 Å². The van der Waals surface area contributed by atoms with E-state index in [-0.39, 0.29) is 11.4 Å². The SMILES string of the molecule is Cc1ccc(-c2noc(NC(=O)c3ccc(Br)cc3)c2C=O)cn1. The zero-order valence-electron chi connectivity index (χ0n) is 12.6. The Balaban J connectivity index is 1.89. The monoisotopic (exact) mass is 385 g/mol. The van der Waals surface area contributed by atoms with Crippen molar-refractivity contribution < 1.29 is 14.1 Å². The number of carbonyl (C=O) groups excluding carboxylic acids is 2. The molecule has 0 saturated heterocycles. The molecule has 2 heterocycles. The second kappa shape index (κ2) is 6.76. The average molecular weight is 386 g/mol. The Morgan fingerprint density at radius 2 is 1.96 bits per heavy atom. The van der Waals surface area contributed by atoms with Crippen molar-refractivity contribution in [3.8, 4) is 11.3 Å². The Bertz CT molecular complexity index is 886. The maximum Gasteiger partial charge on any atom is 0.258 e. The van der Waals surface area contributed by atoms with E-state index in [1.165, 1.54) is 0 Å². The van der Waals surface area contributed by atoms with Crippen LogP contribution in [0.1, 0.15) is 26.4 Å². The van der Waals surface area contributed by atoms with Gasteiger partial charge in [0.05, 0.1) is 0 Å². The number of hydrogen-bond acceptors (Lipinski definition) is 5. The lowest BCUT2D eigenvalue weighted by molar-refractivity contribution is 0.102. The summed E-state index contributed by atoms with van der Waals surface area (Å²) in [5.74, 6) is -0.385. The molecule has 1 aromatic carbocycles. The Labute approximate surface area is 146 Å². The van der Waals surface area contributed by atoms with E-state index < -0.39 is 5.91 Å². The van der Waals surface area contributed by atoms with E-state index >= 15 is 0 Å². The second-order valence-corrected chi connectivity index (χ2v) is 5.96. The van der Waals surface area contributed by atoms with Crippen molar-refractivity contribution in [3.63, 3.8) is 0 Å². The number of aldehydes is 1. The molecule has 7 heteroatoms. The quantitative estimate of drug-likeness (QED) is 0.688. The van der Waals surface area contributed by atoms with E-state index in [0.29, 0.717) is 23.1 Å². The van der Waals surface area contributed by atoms with Crippen LogP contribution in [0.5, 0.6) is 0 Å². The number of anilines is 1. The van der Waals surface area contributed by atoms with Crippen molar-refractivity contribution in [1.29, 1.82) is 0 Å². The largest absolute Gasteiger partial charge is 0.337 e. The van der Waals surface area contributed by atoms with Crippen LogP contribution in [0, 0.1) is 6.92 Å². The van der Waals surface area contributed by atoms with E-state index in [9.17, 15) is 9.59 Å². The number of nitrogens with zero attached hydrogens (tertiary/aromatic N) is 2. The van der Waals surface area contributed by atoms with Gasteiger partial charge in [-0.1, -0.05) is 21.1 Å². The fourth-order valence-electron chi connectivity index (χ4n) is 2.09. The van der Waals surface area contributed by atoms with Gasteiger partial charge in [0.1, 0.15) is 11.3 Å². The van der Waals surface area contributed by atoms with E-state index in [1.807, 2.05) is 6.92 Å². The van der Waals surface area contributed by atoms with Crippen LogP contribution in [0.15, 0.2) is 51.6 Å². The van der Waals surface area contributed by atoms with Crippen LogP contribution in [0.2, 0.25) is 0 Å². The van der Waals surface area contributed by atoms with Crippen molar-refractivity contribution >= 4 is 34.0 Å². The first kappa shape index (κ1) is 16.1. The van der Waals surface area contributed by atoms with Crippen molar-refractivity contribution in [2.75, 3.05) is 5.32 Å². The van der Waals surface area contributed by atoms with E-state index in [4.69, 9.17) is 4.52 Å². The zero-order valence-corrected chi connectivity index (χ0v) is 14.2. The highest BCUT2D eigenvalue weighted by atomic mass is 79.9. The first-order valence-corrected chi connectivity index (χ1v) is 7.82. The number of halogens is 1. The van der Waals surface area contributed by atoms with Crippen LogP contribution >= 0.6 is 15.9 Å². The summed E-state index contributed by atoms with van der Waals surface area (Å²) in [5.41, 5.74) is 2.42. The lowest BCUT2D eigenvalue weighted by Crippen LogP contribution is -2.12. The predicted octanol–water partition coefficient (Wildman–Crippen LogP) is 3.87. The molecule has 3 aromatic rings. The molecule has 0 fully saturated rings. The summed E-state index contributed by atoms with van der Waals surface area (Å²) in [6.45, 7) is 1.86. The molecule has 1 N–H and O–H groups in total. The maximum atomic E-state index is 12.2. The minimum atomic E-state index is -0.393. The van der Waals surface area contributed by atoms with Crippen molar-refractivity contribution in [3.05, 3.63) is 63.9 Å². The van der Waals surface area contributed by atoms with Gasteiger partial charge >= 0.3 is 0 Å². The maximum absolute atomic E-state index is 12.2. The molecule has 0 unspecified atom stereocenters. The van der Waals surface area contributed by atoms with Crippen LogP contribution in [0.25, 0.3) is 11.3 Å². The summed E-state index contributed by atoms with van der Waals surface area (Å²) in [5, 5.41) is 6.44. The number of rotatable bonds is 4. The molecule has 0 radical (unpaired) electrons. The number of hydrogen-bond donors (Lipinski definition) is 1. The van der Waals surface area contributed by atoms with Gasteiger partial charge in [0.2, 0.25) is 5.88 Å². The highest BCUT2D eigenvalue weighted by Crippen LogP contribution is 2.27. The standard InChI is InChI=1S/C17H12BrN3O3/c1-10-2-3-12(8-19-10)15-14(9-22)17(24-21-15)20-16(23)11-4-6-13(18)7-5-11/h2-9H,1H3,(H,20,23). The van der Waals surface area contributed by atoms with Crippen LogP contribution in [-0.4, -0.2) is 22.3 Å². The Morgan fingerprint density at radius 1 is 1.21 bits per heavy atom. The fourth-order valence-corrected chi connectivity index (χ4v) is 2.35. The van der Waals surface area contributed by atoms with Gasteiger partial charge in [-0.3, -0.25) is 19.9 Å². The smallest absolute Gasteiger partial charge is 0.258 e. The lowest BCUT2D eigenvalue weighted by Gasteiger charge is -2.02. The highest BCUT2D eigenvalue weighted by molar-refractivity contribution is 9.10. The molecule has 1 amide bonds. The summed E-state index contributed by atoms with van der Waals surface area (Å²) in [6, 6.07) is 10.4. The molecule has 0 aliphatic carbocycles. The summed E-state index contributed by atoms with van der Waals surface area (Å²) in [6.07, 6.45) is 2.20. The Hall–Kier alpha value is -2.80. The van der Waals surface area contributed by atoms with Gasteiger partial charge in [0, 0.05) is 27.5 Å². The van der Waals surface area contributed by atoms with Crippen LogP contribution in [-0.2, 0) is 0 Å². The number of aryl methyl sites for hydroxylation is 1. The molecule has 3 rings (SSSR count). The van der Waals surface area contributed by atoms with Crippen LogP contribution in [0.4, 0.5) is 5.88 Å². The van der Waals surface area contributed by atoms with Gasteiger partial charge in [-0.2, -0.15) is 0 Å². The first-order valence-electron chi connectivity index (χ1n) is 7.03. The third kappa shape index (κ3) is 3.26.